The number of sulfonamides is 1. The molecule has 1 saturated heterocycles. The molecule has 1 heterocycles. The number of halogens is 2. The van der Waals surface area contributed by atoms with Gasteiger partial charge in [0.15, 0.2) is 0 Å². The average molecular weight is 307 g/mol. The molecule has 9 heteroatoms. The highest BCUT2D eigenvalue weighted by Crippen LogP contribution is 2.28. The normalized spacial score (nSPS) is 23.9. The number of aliphatic carboxylic acids is 1. The summed E-state index contributed by atoms with van der Waals surface area (Å²) >= 11 is 0. The van der Waals surface area contributed by atoms with E-state index in [-0.39, 0.29) is 6.42 Å². The Morgan fingerprint density at radius 2 is 2.00 bits per heavy atom. The van der Waals surface area contributed by atoms with E-state index in [2.05, 4.69) is 0 Å². The number of β-amino-alcohol motifs (C(OH)–C–C–N with tert-alkyl or cyclic N) is 1. The summed E-state index contributed by atoms with van der Waals surface area (Å²) in [6.45, 7) is -0.477. The number of carbonyl (C=O) groups is 1. The van der Waals surface area contributed by atoms with Crippen molar-refractivity contribution in [2.45, 2.75) is 23.5 Å². The summed E-state index contributed by atoms with van der Waals surface area (Å²) < 4.78 is 51.5. The first-order valence-electron chi connectivity index (χ1n) is 5.61. The summed E-state index contributed by atoms with van der Waals surface area (Å²) in [6, 6.07) is 0.373. The Hall–Kier alpha value is -1.58. The SMILES string of the molecule is O=C(O)C1CC(O)CN1S(=O)(=O)c1cc(F)ccc1F. The molecule has 0 bridgehead atoms. The van der Waals surface area contributed by atoms with Gasteiger partial charge in [0.1, 0.15) is 22.6 Å². The molecule has 0 aliphatic carbocycles. The molecule has 0 amide bonds. The number of hydrogen-bond donors (Lipinski definition) is 2. The van der Waals surface area contributed by atoms with Crippen molar-refractivity contribution in [1.29, 1.82) is 0 Å². The van der Waals surface area contributed by atoms with Crippen molar-refractivity contribution in [3.63, 3.8) is 0 Å². The molecule has 110 valence electrons. The van der Waals surface area contributed by atoms with Crippen LogP contribution in [-0.2, 0) is 14.8 Å². The third-order valence-electron chi connectivity index (χ3n) is 3.00. The van der Waals surface area contributed by atoms with Gasteiger partial charge in [0, 0.05) is 13.0 Å². The predicted octanol–water partition coefficient (Wildman–Crippen LogP) is 0.173. The maximum Gasteiger partial charge on any atom is 0.322 e. The monoisotopic (exact) mass is 307 g/mol. The van der Waals surface area contributed by atoms with Gasteiger partial charge in [-0.15, -0.1) is 0 Å². The minimum atomic E-state index is -4.54. The molecule has 6 nitrogen and oxygen atoms in total. The summed E-state index contributed by atoms with van der Waals surface area (Å²) in [5, 5.41) is 18.4. The predicted molar refractivity (Wildman–Crippen MR) is 62.3 cm³/mol. The van der Waals surface area contributed by atoms with Crippen LogP contribution in [0.15, 0.2) is 23.1 Å². The highest BCUT2D eigenvalue weighted by molar-refractivity contribution is 7.89. The van der Waals surface area contributed by atoms with Gasteiger partial charge in [0.2, 0.25) is 10.0 Å². The number of hydrogen-bond acceptors (Lipinski definition) is 4. The van der Waals surface area contributed by atoms with Crippen LogP contribution in [0.1, 0.15) is 6.42 Å². The third-order valence-corrected chi connectivity index (χ3v) is 4.89. The van der Waals surface area contributed by atoms with Crippen LogP contribution < -0.4 is 0 Å². The third kappa shape index (κ3) is 2.51. The molecule has 2 N–H and O–H groups in total. The molecule has 20 heavy (non-hydrogen) atoms. The molecule has 2 unspecified atom stereocenters. The summed E-state index contributed by atoms with van der Waals surface area (Å²) in [7, 11) is -4.54. The van der Waals surface area contributed by atoms with E-state index >= 15 is 0 Å². The van der Waals surface area contributed by atoms with Crippen molar-refractivity contribution < 1.29 is 32.2 Å². The molecule has 1 aliphatic heterocycles. The fourth-order valence-corrected chi connectivity index (χ4v) is 3.78. The van der Waals surface area contributed by atoms with Crippen LogP contribution in [0.5, 0.6) is 0 Å². The number of aliphatic hydroxyl groups excluding tert-OH is 1. The molecule has 2 rings (SSSR count). The van der Waals surface area contributed by atoms with Crippen molar-refractivity contribution in [2.75, 3.05) is 6.54 Å². The zero-order valence-corrected chi connectivity index (χ0v) is 10.8. The Morgan fingerprint density at radius 3 is 2.60 bits per heavy atom. The largest absolute Gasteiger partial charge is 0.480 e. The zero-order chi connectivity index (χ0) is 15.1. The first kappa shape index (κ1) is 14.8. The highest BCUT2D eigenvalue weighted by Gasteiger charge is 2.44. The Bertz CT molecular complexity index is 648. The van der Waals surface area contributed by atoms with E-state index in [1.807, 2.05) is 0 Å². The van der Waals surface area contributed by atoms with Gasteiger partial charge in [-0.1, -0.05) is 0 Å². The number of benzene rings is 1. The molecule has 2 atom stereocenters. The second-order valence-electron chi connectivity index (χ2n) is 4.39. The molecule has 0 spiro atoms. The molecular weight excluding hydrogens is 296 g/mol. The quantitative estimate of drug-likeness (QED) is 0.830. The van der Waals surface area contributed by atoms with E-state index < -0.39 is 51.2 Å². The maximum absolute atomic E-state index is 13.6. The van der Waals surface area contributed by atoms with Gasteiger partial charge in [-0.3, -0.25) is 4.79 Å². The van der Waals surface area contributed by atoms with Crippen LogP contribution in [0, 0.1) is 11.6 Å². The summed E-state index contributed by atoms with van der Waals surface area (Å²) in [6.07, 6.45) is -1.46. The number of aliphatic hydroxyl groups is 1. The van der Waals surface area contributed by atoms with Gasteiger partial charge in [-0.05, 0) is 18.2 Å². The lowest BCUT2D eigenvalue weighted by Crippen LogP contribution is -2.40. The first-order chi connectivity index (χ1) is 9.23. The van der Waals surface area contributed by atoms with E-state index in [1.165, 1.54) is 0 Å². The van der Waals surface area contributed by atoms with Gasteiger partial charge in [0.05, 0.1) is 6.10 Å². The molecule has 1 aliphatic rings. The van der Waals surface area contributed by atoms with Crippen molar-refractivity contribution >= 4 is 16.0 Å². The second-order valence-corrected chi connectivity index (χ2v) is 6.25. The maximum atomic E-state index is 13.6. The van der Waals surface area contributed by atoms with Crippen LogP contribution in [0.3, 0.4) is 0 Å². The Kier molecular flexibility index (Phi) is 3.76. The summed E-state index contributed by atoms with van der Waals surface area (Å²) in [4.78, 5) is 10.1. The molecule has 0 aromatic heterocycles. The van der Waals surface area contributed by atoms with Crippen LogP contribution in [0.25, 0.3) is 0 Å². The highest BCUT2D eigenvalue weighted by atomic mass is 32.2. The Balaban J connectivity index is 2.49. The minimum absolute atomic E-state index is 0.300. The molecular formula is C11H11F2NO5S. The van der Waals surface area contributed by atoms with Crippen molar-refractivity contribution in [1.82, 2.24) is 4.31 Å². The van der Waals surface area contributed by atoms with Gasteiger partial charge in [-0.2, -0.15) is 4.31 Å². The van der Waals surface area contributed by atoms with Crippen molar-refractivity contribution in [3.8, 4) is 0 Å². The van der Waals surface area contributed by atoms with Crippen LogP contribution in [0.2, 0.25) is 0 Å². The molecule has 0 saturated carbocycles. The Morgan fingerprint density at radius 1 is 1.35 bits per heavy atom. The van der Waals surface area contributed by atoms with E-state index in [9.17, 15) is 27.1 Å². The van der Waals surface area contributed by atoms with Crippen molar-refractivity contribution in [3.05, 3.63) is 29.8 Å². The first-order valence-corrected chi connectivity index (χ1v) is 7.05. The molecule has 1 aromatic rings. The number of rotatable bonds is 3. The topological polar surface area (TPSA) is 94.9 Å². The number of carboxylic acid groups (broad SMARTS) is 1. The van der Waals surface area contributed by atoms with Crippen molar-refractivity contribution in [2.24, 2.45) is 0 Å². The van der Waals surface area contributed by atoms with E-state index in [4.69, 9.17) is 5.11 Å². The van der Waals surface area contributed by atoms with E-state index in [0.717, 1.165) is 6.07 Å². The lowest BCUT2D eigenvalue weighted by atomic mass is 10.2. The van der Waals surface area contributed by atoms with Gasteiger partial charge < -0.3 is 10.2 Å². The number of nitrogens with zero attached hydrogens (tertiary/aromatic N) is 1. The van der Waals surface area contributed by atoms with E-state index in [0.29, 0.717) is 16.4 Å². The second kappa shape index (κ2) is 5.08. The van der Waals surface area contributed by atoms with Gasteiger partial charge in [-0.25, -0.2) is 17.2 Å². The average Bonchev–Trinajstić information content (AvgIpc) is 2.75. The zero-order valence-electron chi connectivity index (χ0n) is 10.0. The summed E-state index contributed by atoms with van der Waals surface area (Å²) in [5.41, 5.74) is 0. The standard InChI is InChI=1S/C11H11F2NO5S/c12-6-1-2-8(13)10(3-6)20(18,19)14-5-7(15)4-9(14)11(16)17/h1-3,7,9,15H,4-5H2,(H,16,17). The summed E-state index contributed by atoms with van der Waals surface area (Å²) in [5.74, 6) is -3.60. The fourth-order valence-electron chi connectivity index (χ4n) is 2.08. The van der Waals surface area contributed by atoms with Crippen LogP contribution in [0.4, 0.5) is 8.78 Å². The molecule has 1 aromatic carbocycles. The van der Waals surface area contributed by atoms with Crippen LogP contribution >= 0.6 is 0 Å². The van der Waals surface area contributed by atoms with E-state index in [1.54, 1.807) is 0 Å². The fraction of sp³-hybridized carbons (Fsp3) is 0.364. The number of carboxylic acids is 1. The minimum Gasteiger partial charge on any atom is -0.480 e. The molecule has 0 radical (unpaired) electrons. The molecule has 1 fully saturated rings. The smallest absolute Gasteiger partial charge is 0.322 e. The van der Waals surface area contributed by atoms with Gasteiger partial charge in [0.25, 0.3) is 0 Å². The van der Waals surface area contributed by atoms with Crippen LogP contribution in [-0.4, -0.2) is 47.6 Å². The lowest BCUT2D eigenvalue weighted by Gasteiger charge is -2.20. The lowest BCUT2D eigenvalue weighted by molar-refractivity contribution is -0.140. The Labute approximate surface area is 113 Å². The van der Waals surface area contributed by atoms with Gasteiger partial charge >= 0.3 is 5.97 Å².